The summed E-state index contributed by atoms with van der Waals surface area (Å²) in [7, 11) is 1.47. The Labute approximate surface area is 215 Å². The first-order chi connectivity index (χ1) is 17.0. The van der Waals surface area contributed by atoms with Gasteiger partial charge >= 0.3 is 0 Å². The van der Waals surface area contributed by atoms with Crippen molar-refractivity contribution in [3.8, 4) is 5.88 Å². The molecule has 2 aliphatic rings. The fraction of sp³-hybridized carbons (Fsp3) is 0.741. The normalized spacial score (nSPS) is 26.3. The Bertz CT molecular complexity index is 909. The summed E-state index contributed by atoms with van der Waals surface area (Å²) in [5.41, 5.74) is -0.270. The van der Waals surface area contributed by atoms with Gasteiger partial charge in [0.1, 0.15) is 12.2 Å². The maximum absolute atomic E-state index is 13.5. The summed E-state index contributed by atoms with van der Waals surface area (Å²) < 4.78 is 12.5. The van der Waals surface area contributed by atoms with Crippen molar-refractivity contribution in [1.29, 1.82) is 0 Å². The van der Waals surface area contributed by atoms with Crippen LogP contribution in [-0.2, 0) is 9.53 Å². The number of aliphatic hydroxyl groups excluding tert-OH is 1. The van der Waals surface area contributed by atoms with Gasteiger partial charge in [-0.2, -0.15) is 5.10 Å². The molecule has 0 aliphatic heterocycles. The monoisotopic (exact) mass is 504 g/mol. The lowest BCUT2D eigenvalue weighted by molar-refractivity contribution is -0.125. The molecule has 9 nitrogen and oxygen atoms in total. The van der Waals surface area contributed by atoms with Crippen LogP contribution in [0.4, 0.5) is 0 Å². The van der Waals surface area contributed by atoms with E-state index >= 15 is 0 Å². The molecule has 0 aromatic carbocycles. The number of amides is 2. The summed E-state index contributed by atoms with van der Waals surface area (Å²) in [4.78, 5) is 25.4. The molecule has 3 N–H and O–H groups in total. The van der Waals surface area contributed by atoms with Gasteiger partial charge in [-0.05, 0) is 69.3 Å². The average molecular weight is 505 g/mol. The van der Waals surface area contributed by atoms with Crippen molar-refractivity contribution in [2.45, 2.75) is 84.4 Å². The molecule has 1 aromatic heterocycles. The van der Waals surface area contributed by atoms with Crippen LogP contribution < -0.4 is 15.4 Å². The second-order valence-electron chi connectivity index (χ2n) is 11.4. The van der Waals surface area contributed by atoms with Crippen molar-refractivity contribution in [2.75, 3.05) is 20.3 Å². The maximum Gasteiger partial charge on any atom is 0.258 e. The van der Waals surface area contributed by atoms with Crippen molar-refractivity contribution in [2.24, 2.45) is 23.7 Å². The number of aromatic nitrogens is 2. The van der Waals surface area contributed by atoms with Crippen molar-refractivity contribution in [1.82, 2.24) is 20.4 Å². The topological polar surface area (TPSA) is 115 Å². The number of nitrogens with zero attached hydrogens (tertiary/aromatic N) is 2. The molecule has 2 amide bonds. The molecule has 9 heteroatoms. The van der Waals surface area contributed by atoms with Crippen LogP contribution in [-0.4, -0.2) is 64.7 Å². The highest BCUT2D eigenvalue weighted by Gasteiger charge is 2.43. The van der Waals surface area contributed by atoms with Crippen LogP contribution in [0.3, 0.4) is 0 Å². The van der Waals surface area contributed by atoms with Crippen molar-refractivity contribution < 1.29 is 24.2 Å². The van der Waals surface area contributed by atoms with Crippen LogP contribution in [0.1, 0.15) is 77.1 Å². The molecule has 1 heterocycles. The molecule has 0 radical (unpaired) electrons. The fourth-order valence-corrected chi connectivity index (χ4v) is 5.54. The standard InChI is InChI=1S/C27H44N4O5/c1-7-18-10-19-12-21(32)13-20(11-18)24(19)29-25(34)22-14-28-31(26(22)36-15-17(2)3)9-8-27(4,5)30-23(33)16-35-6/h8-9,14,17-21,24,32H,7,10-13,15-16H2,1-6H3,(H,29,34)(H,30,33)/b9-8+/t18?,19?,20?,21-,24+. The summed E-state index contributed by atoms with van der Waals surface area (Å²) in [5.74, 6) is 1.45. The number of aliphatic hydroxyl groups is 1. The van der Waals surface area contributed by atoms with E-state index in [2.05, 4.69) is 22.7 Å². The zero-order valence-corrected chi connectivity index (χ0v) is 22.6. The Morgan fingerprint density at radius 1 is 1.25 bits per heavy atom. The molecule has 1 aromatic rings. The zero-order valence-electron chi connectivity index (χ0n) is 22.6. The molecule has 2 saturated carbocycles. The number of hydrogen-bond donors (Lipinski definition) is 3. The number of carbonyl (C=O) groups is 2. The SMILES string of the molecule is CCC1CC2C[C@H](O)CC(C1)[C@@H]2NC(=O)c1cnn(/C=C/C(C)(C)NC(=O)COC)c1OCC(C)C. The quantitative estimate of drug-likeness (QED) is 0.426. The first kappa shape index (κ1) is 28.2. The third-order valence-corrected chi connectivity index (χ3v) is 7.23. The maximum atomic E-state index is 13.5. The number of fused-ring (bicyclic) bond motifs is 2. The van der Waals surface area contributed by atoms with Crippen LogP contribution in [0, 0.1) is 23.7 Å². The van der Waals surface area contributed by atoms with Gasteiger partial charge in [0.05, 0.1) is 24.4 Å². The minimum Gasteiger partial charge on any atom is -0.477 e. The molecular formula is C27H44N4O5. The second-order valence-corrected chi connectivity index (χ2v) is 11.4. The Kier molecular flexibility index (Phi) is 9.58. The smallest absolute Gasteiger partial charge is 0.258 e. The molecule has 2 fully saturated rings. The zero-order chi connectivity index (χ0) is 26.5. The highest BCUT2D eigenvalue weighted by Crippen LogP contribution is 2.44. The average Bonchev–Trinajstić information content (AvgIpc) is 3.19. The number of nitrogens with one attached hydrogen (secondary N) is 2. The van der Waals surface area contributed by atoms with E-state index in [0.29, 0.717) is 24.0 Å². The van der Waals surface area contributed by atoms with E-state index in [0.717, 1.165) is 32.1 Å². The van der Waals surface area contributed by atoms with Crippen LogP contribution in [0.5, 0.6) is 5.88 Å². The number of ether oxygens (including phenoxy) is 2. The minimum atomic E-state index is -0.657. The van der Waals surface area contributed by atoms with Crippen molar-refractivity contribution in [3.05, 3.63) is 17.8 Å². The largest absolute Gasteiger partial charge is 0.477 e. The predicted molar refractivity (Wildman–Crippen MR) is 138 cm³/mol. The van der Waals surface area contributed by atoms with Crippen molar-refractivity contribution >= 4 is 18.0 Å². The number of methoxy groups -OCH3 is 1. The Hall–Kier alpha value is -2.39. The molecule has 202 valence electrons. The van der Waals surface area contributed by atoms with Gasteiger partial charge in [0.2, 0.25) is 11.8 Å². The molecular weight excluding hydrogens is 460 g/mol. The number of hydrogen-bond acceptors (Lipinski definition) is 6. The van der Waals surface area contributed by atoms with Crippen molar-refractivity contribution in [3.63, 3.8) is 0 Å². The van der Waals surface area contributed by atoms with Gasteiger partial charge in [-0.25, -0.2) is 4.68 Å². The van der Waals surface area contributed by atoms with Crippen LogP contribution in [0.15, 0.2) is 12.3 Å². The molecule has 0 saturated heterocycles. The summed E-state index contributed by atoms with van der Waals surface area (Å²) in [5, 5.41) is 20.9. The minimum absolute atomic E-state index is 0.0225. The number of carbonyl (C=O) groups excluding carboxylic acids is 2. The van der Waals surface area contributed by atoms with Gasteiger partial charge in [0.25, 0.3) is 5.91 Å². The van der Waals surface area contributed by atoms with E-state index < -0.39 is 5.54 Å². The second kappa shape index (κ2) is 12.2. The van der Waals surface area contributed by atoms with Gasteiger partial charge in [-0.3, -0.25) is 9.59 Å². The first-order valence-electron chi connectivity index (χ1n) is 13.2. The molecule has 2 atom stereocenters. The van der Waals surface area contributed by atoms with Gasteiger partial charge in [0.15, 0.2) is 0 Å². The van der Waals surface area contributed by atoms with Crippen LogP contribution in [0.25, 0.3) is 6.20 Å². The van der Waals surface area contributed by atoms with Gasteiger partial charge in [0, 0.05) is 19.4 Å². The lowest BCUT2D eigenvalue weighted by atomic mass is 9.63. The first-order valence-corrected chi connectivity index (χ1v) is 13.2. The summed E-state index contributed by atoms with van der Waals surface area (Å²) in [6.07, 6.45) is 9.45. The Morgan fingerprint density at radius 2 is 1.92 bits per heavy atom. The molecule has 0 spiro atoms. The molecule has 36 heavy (non-hydrogen) atoms. The summed E-state index contributed by atoms with van der Waals surface area (Å²) in [6, 6.07) is 0.0514. The summed E-state index contributed by atoms with van der Waals surface area (Å²) >= 11 is 0. The van der Waals surface area contributed by atoms with Gasteiger partial charge in [-0.15, -0.1) is 0 Å². The highest BCUT2D eigenvalue weighted by molar-refractivity contribution is 5.96. The van der Waals surface area contributed by atoms with E-state index in [1.165, 1.54) is 13.3 Å². The van der Waals surface area contributed by atoms with Crippen LogP contribution in [0.2, 0.25) is 0 Å². The van der Waals surface area contributed by atoms with Gasteiger partial charge in [-0.1, -0.05) is 27.2 Å². The predicted octanol–water partition coefficient (Wildman–Crippen LogP) is 3.24. The Morgan fingerprint density at radius 3 is 2.50 bits per heavy atom. The lowest BCUT2D eigenvalue weighted by Crippen LogP contribution is -2.53. The van der Waals surface area contributed by atoms with E-state index in [1.54, 1.807) is 17.0 Å². The molecule has 2 aliphatic carbocycles. The molecule has 2 unspecified atom stereocenters. The van der Waals surface area contributed by atoms with E-state index in [9.17, 15) is 14.7 Å². The third-order valence-electron chi connectivity index (χ3n) is 7.23. The van der Waals surface area contributed by atoms with E-state index in [4.69, 9.17) is 9.47 Å². The summed E-state index contributed by atoms with van der Waals surface area (Å²) in [6.45, 7) is 10.5. The molecule has 3 rings (SSSR count). The van der Waals surface area contributed by atoms with Gasteiger partial charge < -0.3 is 25.2 Å². The highest BCUT2D eigenvalue weighted by atomic mass is 16.5. The van der Waals surface area contributed by atoms with E-state index in [1.807, 2.05) is 27.7 Å². The Balaban J connectivity index is 1.79. The van der Waals surface area contributed by atoms with E-state index in [-0.39, 0.29) is 48.3 Å². The number of rotatable bonds is 11. The molecule has 2 bridgehead atoms. The third kappa shape index (κ3) is 7.32. The van der Waals surface area contributed by atoms with Crippen LogP contribution >= 0.6 is 0 Å². The fourth-order valence-electron chi connectivity index (χ4n) is 5.54. The lowest BCUT2D eigenvalue weighted by Gasteiger charge is -2.47.